The second kappa shape index (κ2) is 40.2. The highest BCUT2D eigenvalue weighted by atomic mass is 31.2. The molecule has 0 saturated carbocycles. The number of quaternary nitrogens is 1. The molecule has 9 nitrogen and oxygen atoms in total. The number of unbranched alkanes of at least 4 members (excludes halogenated alkanes) is 28. The number of rotatable bonds is 44. The lowest BCUT2D eigenvalue weighted by Gasteiger charge is -2.28. The maximum Gasteiger partial charge on any atom is 0.306 e. The number of carbonyl (C=O) groups excluding carboxylic acids is 2. The van der Waals surface area contributed by atoms with Gasteiger partial charge >= 0.3 is 11.9 Å². The Bertz CT molecular complexity index is 985. The molecule has 0 fully saturated rings. The Morgan fingerprint density at radius 1 is 0.526 bits per heavy atom. The highest BCUT2D eigenvalue weighted by molar-refractivity contribution is 7.45. The molecule has 0 heterocycles. The van der Waals surface area contributed by atoms with Crippen LogP contribution in [-0.4, -0.2) is 70.0 Å². The van der Waals surface area contributed by atoms with E-state index in [0.717, 1.165) is 44.9 Å². The van der Waals surface area contributed by atoms with Crippen molar-refractivity contribution < 1.29 is 42.1 Å². The van der Waals surface area contributed by atoms with Crippen LogP contribution in [0.25, 0.3) is 0 Å². The molecule has 0 aromatic heterocycles. The molecule has 57 heavy (non-hydrogen) atoms. The Kier molecular flexibility index (Phi) is 39.3. The minimum absolute atomic E-state index is 0.0303. The highest BCUT2D eigenvalue weighted by Gasteiger charge is 2.21. The second-order valence-electron chi connectivity index (χ2n) is 17.5. The Morgan fingerprint density at radius 2 is 0.895 bits per heavy atom. The third-order valence-electron chi connectivity index (χ3n) is 10.5. The van der Waals surface area contributed by atoms with Gasteiger partial charge in [0.15, 0.2) is 6.10 Å². The molecule has 0 aliphatic heterocycles. The van der Waals surface area contributed by atoms with Gasteiger partial charge in [0.25, 0.3) is 7.82 Å². The molecule has 10 heteroatoms. The van der Waals surface area contributed by atoms with E-state index in [2.05, 4.69) is 26.0 Å². The number of likely N-dealkylation sites (N-methyl/N-ethyl adjacent to an activating group) is 1. The van der Waals surface area contributed by atoms with Crippen LogP contribution in [0, 0.1) is 0 Å². The van der Waals surface area contributed by atoms with E-state index in [1.165, 1.54) is 148 Å². The van der Waals surface area contributed by atoms with Crippen molar-refractivity contribution in [3.05, 3.63) is 12.2 Å². The number of ether oxygens (including phenoxy) is 2. The molecule has 0 aromatic rings. The third kappa shape index (κ3) is 44.1. The normalized spacial score (nSPS) is 13.6. The summed E-state index contributed by atoms with van der Waals surface area (Å²) in [5.41, 5.74) is 0. The number of esters is 2. The average Bonchev–Trinajstić information content (AvgIpc) is 3.16. The number of allylic oxidation sites excluding steroid dienone is 2. The van der Waals surface area contributed by atoms with Crippen LogP contribution < -0.4 is 4.89 Å². The summed E-state index contributed by atoms with van der Waals surface area (Å²) in [6, 6.07) is 0. The number of carbonyl (C=O) groups is 2. The Hall–Kier alpha value is -1.25. The smallest absolute Gasteiger partial charge is 0.306 e. The van der Waals surface area contributed by atoms with E-state index in [-0.39, 0.29) is 32.0 Å². The van der Waals surface area contributed by atoms with Crippen LogP contribution in [0.3, 0.4) is 0 Å². The van der Waals surface area contributed by atoms with E-state index < -0.39 is 26.5 Å². The van der Waals surface area contributed by atoms with Crippen molar-refractivity contribution >= 4 is 19.8 Å². The first kappa shape index (κ1) is 55.8. The van der Waals surface area contributed by atoms with Crippen molar-refractivity contribution in [1.29, 1.82) is 0 Å². The number of phosphoric ester groups is 1. The molecule has 0 rings (SSSR count). The lowest BCUT2D eigenvalue weighted by Crippen LogP contribution is -2.37. The lowest BCUT2D eigenvalue weighted by atomic mass is 10.0. The minimum Gasteiger partial charge on any atom is -0.756 e. The van der Waals surface area contributed by atoms with E-state index in [1.54, 1.807) is 0 Å². The van der Waals surface area contributed by atoms with Gasteiger partial charge in [-0.2, -0.15) is 0 Å². The molecular weight excluding hydrogens is 737 g/mol. The predicted molar refractivity (Wildman–Crippen MR) is 236 cm³/mol. The fourth-order valence-electron chi connectivity index (χ4n) is 6.77. The molecule has 0 N–H and O–H groups in total. The van der Waals surface area contributed by atoms with Crippen LogP contribution in [0.4, 0.5) is 0 Å². The Morgan fingerprint density at radius 3 is 1.32 bits per heavy atom. The van der Waals surface area contributed by atoms with Gasteiger partial charge in [-0.15, -0.1) is 0 Å². The van der Waals surface area contributed by atoms with Crippen LogP contribution in [0.2, 0.25) is 0 Å². The summed E-state index contributed by atoms with van der Waals surface area (Å²) in [6.45, 7) is 4.23. The molecule has 0 amide bonds. The monoisotopic (exact) mass is 830 g/mol. The summed E-state index contributed by atoms with van der Waals surface area (Å²) in [6.07, 6.45) is 42.4. The van der Waals surface area contributed by atoms with E-state index in [9.17, 15) is 19.0 Å². The average molecular weight is 830 g/mol. The standard InChI is InChI=1S/C47H92NO8P/c1-6-8-10-12-14-16-18-20-21-22-23-24-25-26-28-29-31-33-35-37-39-46(49)53-43-45(44-55-57(51,52)54-42-41-48(3,4)5)56-47(50)40-38-36-34-32-30-27-19-17-15-13-11-9-7-2/h27,30,45H,6-26,28-29,31-44H2,1-5H3/b30-27+/t45-/m1/s1. The molecule has 0 saturated heterocycles. The predicted octanol–water partition coefficient (Wildman–Crippen LogP) is 13.1. The van der Waals surface area contributed by atoms with Gasteiger partial charge in [0, 0.05) is 12.8 Å². The van der Waals surface area contributed by atoms with Crippen LogP contribution in [0.5, 0.6) is 0 Å². The van der Waals surface area contributed by atoms with Crippen LogP contribution in [-0.2, 0) is 32.7 Å². The summed E-state index contributed by atoms with van der Waals surface area (Å²) in [5.74, 6) is -0.841. The maximum atomic E-state index is 12.7. The van der Waals surface area contributed by atoms with Crippen molar-refractivity contribution in [2.24, 2.45) is 0 Å². The van der Waals surface area contributed by atoms with Crippen molar-refractivity contribution in [2.45, 2.75) is 232 Å². The van der Waals surface area contributed by atoms with E-state index in [0.29, 0.717) is 17.4 Å². The zero-order chi connectivity index (χ0) is 42.1. The van der Waals surface area contributed by atoms with Gasteiger partial charge < -0.3 is 27.9 Å². The Balaban J connectivity index is 4.23. The van der Waals surface area contributed by atoms with Gasteiger partial charge in [0.1, 0.15) is 19.8 Å². The molecule has 0 aromatic carbocycles. The Labute approximate surface area is 352 Å². The zero-order valence-corrected chi connectivity index (χ0v) is 38.9. The number of phosphoric acid groups is 1. The summed E-state index contributed by atoms with van der Waals surface area (Å²) >= 11 is 0. The number of hydrogen-bond donors (Lipinski definition) is 0. The fourth-order valence-corrected chi connectivity index (χ4v) is 7.50. The highest BCUT2D eigenvalue weighted by Crippen LogP contribution is 2.38. The molecule has 0 radical (unpaired) electrons. The van der Waals surface area contributed by atoms with Crippen LogP contribution in [0.15, 0.2) is 12.2 Å². The van der Waals surface area contributed by atoms with Gasteiger partial charge in [-0.1, -0.05) is 187 Å². The van der Waals surface area contributed by atoms with Gasteiger partial charge in [0.05, 0.1) is 27.7 Å². The number of hydrogen-bond acceptors (Lipinski definition) is 8. The zero-order valence-electron chi connectivity index (χ0n) is 38.1. The summed E-state index contributed by atoms with van der Waals surface area (Å²) in [5, 5.41) is 0. The first-order chi connectivity index (χ1) is 27.5. The van der Waals surface area contributed by atoms with Gasteiger partial charge in [0.2, 0.25) is 0 Å². The fraction of sp³-hybridized carbons (Fsp3) is 0.915. The van der Waals surface area contributed by atoms with E-state index >= 15 is 0 Å². The molecule has 338 valence electrons. The summed E-state index contributed by atoms with van der Waals surface area (Å²) in [4.78, 5) is 37.6. The van der Waals surface area contributed by atoms with Gasteiger partial charge in [-0.3, -0.25) is 14.2 Å². The van der Waals surface area contributed by atoms with Gasteiger partial charge in [-0.05, 0) is 38.5 Å². The minimum atomic E-state index is -4.62. The summed E-state index contributed by atoms with van der Waals surface area (Å²) < 4.78 is 33.9. The second-order valence-corrected chi connectivity index (χ2v) is 18.9. The molecule has 1 unspecified atom stereocenters. The molecule has 0 bridgehead atoms. The van der Waals surface area contributed by atoms with Crippen LogP contribution in [0.1, 0.15) is 226 Å². The third-order valence-corrected chi connectivity index (χ3v) is 11.5. The quantitative estimate of drug-likeness (QED) is 0.0196. The topological polar surface area (TPSA) is 111 Å². The van der Waals surface area contributed by atoms with E-state index in [1.807, 2.05) is 21.1 Å². The van der Waals surface area contributed by atoms with E-state index in [4.69, 9.17) is 18.5 Å². The first-order valence-electron chi connectivity index (χ1n) is 23.9. The van der Waals surface area contributed by atoms with Crippen molar-refractivity contribution in [1.82, 2.24) is 0 Å². The summed E-state index contributed by atoms with van der Waals surface area (Å²) in [7, 11) is 1.17. The molecule has 0 spiro atoms. The lowest BCUT2D eigenvalue weighted by molar-refractivity contribution is -0.870. The molecule has 0 aliphatic carbocycles. The van der Waals surface area contributed by atoms with Crippen molar-refractivity contribution in [3.63, 3.8) is 0 Å². The SMILES string of the molecule is CCCCCCCC/C=C/CCCCCC(=O)O[C@H](COC(=O)CCCCCCCCCCCCCCCCCCCCCC)COP(=O)([O-])OCC[N+](C)(C)C. The van der Waals surface area contributed by atoms with Crippen LogP contribution >= 0.6 is 7.82 Å². The maximum absolute atomic E-state index is 12.7. The largest absolute Gasteiger partial charge is 0.756 e. The molecule has 0 aliphatic rings. The number of nitrogens with zero attached hydrogens (tertiary/aromatic N) is 1. The van der Waals surface area contributed by atoms with Crippen molar-refractivity contribution in [3.8, 4) is 0 Å². The first-order valence-corrected chi connectivity index (χ1v) is 25.4. The molecule has 2 atom stereocenters. The van der Waals surface area contributed by atoms with Gasteiger partial charge in [-0.25, -0.2) is 0 Å². The molecular formula is C47H92NO8P. The van der Waals surface area contributed by atoms with Crippen molar-refractivity contribution in [2.75, 3.05) is 47.5 Å².